The molecule has 0 aliphatic heterocycles. The Morgan fingerprint density at radius 1 is 1.12 bits per heavy atom. The van der Waals surface area contributed by atoms with Gasteiger partial charge in [-0.1, -0.05) is 12.1 Å². The molecule has 0 saturated heterocycles. The highest BCUT2D eigenvalue weighted by Gasteiger charge is 2.29. The first-order valence-corrected chi connectivity index (χ1v) is 8.53. The summed E-state index contributed by atoms with van der Waals surface area (Å²) >= 11 is 0. The number of hydrogen-bond acceptors (Lipinski definition) is 5. The van der Waals surface area contributed by atoms with Gasteiger partial charge in [0.05, 0.1) is 11.3 Å². The highest BCUT2D eigenvalue weighted by Crippen LogP contribution is 2.33. The first kappa shape index (κ1) is 15.1. The number of aromatic nitrogens is 2. The quantitative estimate of drug-likeness (QED) is 0.937. The van der Waals surface area contributed by atoms with E-state index in [4.69, 9.17) is 0 Å². The van der Waals surface area contributed by atoms with Gasteiger partial charge in [-0.05, 0) is 42.9 Å². The monoisotopic (exact) mass is 322 g/mol. The molecule has 24 heavy (non-hydrogen) atoms. The number of nitrogens with zero attached hydrogens (tertiary/aromatic N) is 3. The maximum atomic E-state index is 12.5. The lowest BCUT2D eigenvalue weighted by atomic mass is 9.82. The topological polar surface area (TPSA) is 58.1 Å². The molecule has 1 fully saturated rings. The van der Waals surface area contributed by atoms with E-state index in [-0.39, 0.29) is 11.7 Å². The lowest BCUT2D eigenvalue weighted by molar-refractivity contribution is 0.0962. The predicted molar refractivity (Wildman–Crippen MR) is 94.8 cm³/mol. The number of anilines is 2. The van der Waals surface area contributed by atoms with Crippen molar-refractivity contribution in [2.75, 3.05) is 24.3 Å². The van der Waals surface area contributed by atoms with Crippen molar-refractivity contribution in [1.29, 1.82) is 0 Å². The Labute approximate surface area is 142 Å². The second-order valence-corrected chi connectivity index (χ2v) is 6.99. The Hall–Kier alpha value is -2.43. The zero-order chi connectivity index (χ0) is 16.7. The SMILES string of the molecule is CN(C)c1ccc([C@@H]2CC(=O)c3cnc(NC4CC4)nc3C2)cc1. The predicted octanol–water partition coefficient (Wildman–Crippen LogP) is 3.03. The van der Waals surface area contributed by atoms with Gasteiger partial charge in [0.15, 0.2) is 5.78 Å². The Balaban J connectivity index is 1.58. The van der Waals surface area contributed by atoms with Crippen molar-refractivity contribution in [3.05, 3.63) is 47.3 Å². The molecule has 0 bridgehead atoms. The van der Waals surface area contributed by atoms with Crippen LogP contribution in [0.25, 0.3) is 0 Å². The van der Waals surface area contributed by atoms with Crippen molar-refractivity contribution in [3.63, 3.8) is 0 Å². The molecule has 0 radical (unpaired) electrons. The summed E-state index contributed by atoms with van der Waals surface area (Å²) in [5.74, 6) is 1.01. The van der Waals surface area contributed by atoms with Crippen molar-refractivity contribution in [2.45, 2.75) is 37.6 Å². The number of hydrogen-bond donors (Lipinski definition) is 1. The van der Waals surface area contributed by atoms with E-state index < -0.39 is 0 Å². The van der Waals surface area contributed by atoms with E-state index in [1.807, 2.05) is 14.1 Å². The summed E-state index contributed by atoms with van der Waals surface area (Å²) in [5, 5.41) is 3.32. The number of fused-ring (bicyclic) bond motifs is 1. The fourth-order valence-corrected chi connectivity index (χ4v) is 3.21. The van der Waals surface area contributed by atoms with Gasteiger partial charge >= 0.3 is 0 Å². The number of ketones is 1. The van der Waals surface area contributed by atoms with Crippen LogP contribution in [0.1, 0.15) is 46.8 Å². The molecule has 2 aliphatic carbocycles. The maximum Gasteiger partial charge on any atom is 0.223 e. The summed E-state index contributed by atoms with van der Waals surface area (Å²) in [7, 11) is 4.06. The first-order chi connectivity index (χ1) is 11.6. The number of nitrogens with one attached hydrogen (secondary N) is 1. The van der Waals surface area contributed by atoms with Gasteiger partial charge in [-0.2, -0.15) is 0 Å². The van der Waals surface area contributed by atoms with E-state index >= 15 is 0 Å². The molecule has 1 aromatic heterocycles. The Kier molecular flexibility index (Phi) is 3.71. The molecule has 1 N–H and O–H groups in total. The fraction of sp³-hybridized carbons (Fsp3) is 0.421. The van der Waals surface area contributed by atoms with E-state index in [1.54, 1.807) is 6.20 Å². The first-order valence-electron chi connectivity index (χ1n) is 8.53. The molecule has 124 valence electrons. The number of benzene rings is 1. The summed E-state index contributed by atoms with van der Waals surface area (Å²) in [4.78, 5) is 23.5. The van der Waals surface area contributed by atoms with E-state index in [0.29, 0.717) is 24.0 Å². The molecule has 0 amide bonds. The normalized spacial score (nSPS) is 19.8. The van der Waals surface area contributed by atoms with E-state index in [2.05, 4.69) is 44.5 Å². The number of carbonyl (C=O) groups excluding carboxylic acids is 1. The standard InChI is InChI=1S/C19H22N4O/c1-23(2)15-7-3-12(4-8-15)13-9-17-16(18(24)10-13)11-20-19(22-17)21-14-5-6-14/h3-4,7-8,11,13-14H,5-6,9-10H2,1-2H3,(H,20,21,22)/t13-/m0/s1. The van der Waals surface area contributed by atoms with Crippen LogP contribution in [0.4, 0.5) is 11.6 Å². The van der Waals surface area contributed by atoms with Crippen LogP contribution in [0.15, 0.2) is 30.5 Å². The number of carbonyl (C=O) groups is 1. The van der Waals surface area contributed by atoms with Gasteiger partial charge in [0, 0.05) is 38.4 Å². The molecule has 1 saturated carbocycles. The minimum atomic E-state index is 0.149. The molecule has 0 unspecified atom stereocenters. The van der Waals surface area contributed by atoms with Crippen LogP contribution in [-0.4, -0.2) is 35.9 Å². The lowest BCUT2D eigenvalue weighted by Gasteiger charge is -2.24. The zero-order valence-electron chi connectivity index (χ0n) is 14.1. The van der Waals surface area contributed by atoms with Gasteiger partial charge in [0.25, 0.3) is 0 Å². The van der Waals surface area contributed by atoms with Gasteiger partial charge in [0.2, 0.25) is 5.95 Å². The van der Waals surface area contributed by atoms with Crippen molar-refractivity contribution in [3.8, 4) is 0 Å². The minimum absolute atomic E-state index is 0.149. The van der Waals surface area contributed by atoms with Crippen LogP contribution in [0.5, 0.6) is 0 Å². The molecular weight excluding hydrogens is 300 g/mol. The summed E-state index contributed by atoms with van der Waals surface area (Å²) in [6.45, 7) is 0. The molecule has 1 heterocycles. The summed E-state index contributed by atoms with van der Waals surface area (Å²) < 4.78 is 0. The van der Waals surface area contributed by atoms with Gasteiger partial charge in [-0.15, -0.1) is 0 Å². The van der Waals surface area contributed by atoms with E-state index in [9.17, 15) is 4.79 Å². The Morgan fingerprint density at radius 3 is 2.54 bits per heavy atom. The lowest BCUT2D eigenvalue weighted by Crippen LogP contribution is -2.21. The van der Waals surface area contributed by atoms with Crippen LogP contribution < -0.4 is 10.2 Å². The van der Waals surface area contributed by atoms with Crippen molar-refractivity contribution in [2.24, 2.45) is 0 Å². The maximum absolute atomic E-state index is 12.5. The second kappa shape index (κ2) is 5.89. The molecule has 0 spiro atoms. The van der Waals surface area contributed by atoms with Crippen LogP contribution in [0.3, 0.4) is 0 Å². The highest BCUT2D eigenvalue weighted by atomic mass is 16.1. The third-order valence-electron chi connectivity index (χ3n) is 4.83. The average molecular weight is 322 g/mol. The molecule has 2 aliphatic rings. The molecule has 4 rings (SSSR count). The van der Waals surface area contributed by atoms with Crippen molar-refractivity contribution < 1.29 is 4.79 Å². The molecule has 1 atom stereocenters. The largest absolute Gasteiger partial charge is 0.378 e. The smallest absolute Gasteiger partial charge is 0.223 e. The minimum Gasteiger partial charge on any atom is -0.378 e. The van der Waals surface area contributed by atoms with Gasteiger partial charge < -0.3 is 10.2 Å². The second-order valence-electron chi connectivity index (χ2n) is 6.99. The van der Waals surface area contributed by atoms with Crippen molar-refractivity contribution in [1.82, 2.24) is 9.97 Å². The van der Waals surface area contributed by atoms with E-state index in [1.165, 1.54) is 24.1 Å². The van der Waals surface area contributed by atoms with E-state index in [0.717, 1.165) is 12.1 Å². The Bertz CT molecular complexity index is 765. The molecule has 2 aromatic rings. The van der Waals surface area contributed by atoms with Gasteiger partial charge in [-0.3, -0.25) is 4.79 Å². The van der Waals surface area contributed by atoms with Crippen LogP contribution in [-0.2, 0) is 6.42 Å². The summed E-state index contributed by atoms with van der Waals surface area (Å²) in [5.41, 5.74) is 3.94. The fourth-order valence-electron chi connectivity index (χ4n) is 3.21. The summed E-state index contributed by atoms with van der Waals surface area (Å²) in [6, 6.07) is 8.98. The van der Waals surface area contributed by atoms with Crippen LogP contribution >= 0.6 is 0 Å². The third kappa shape index (κ3) is 2.98. The highest BCUT2D eigenvalue weighted by molar-refractivity contribution is 5.98. The molecule has 5 nitrogen and oxygen atoms in total. The van der Waals surface area contributed by atoms with Crippen LogP contribution in [0, 0.1) is 0 Å². The van der Waals surface area contributed by atoms with Crippen LogP contribution in [0.2, 0.25) is 0 Å². The molecule has 1 aromatic carbocycles. The number of Topliss-reactive ketones (excluding diaryl/α,β-unsaturated/α-hetero) is 1. The average Bonchev–Trinajstić information content (AvgIpc) is 3.38. The van der Waals surface area contributed by atoms with Gasteiger partial charge in [0.1, 0.15) is 0 Å². The summed E-state index contributed by atoms with van der Waals surface area (Å²) in [6.07, 6.45) is 5.39. The third-order valence-corrected chi connectivity index (χ3v) is 4.83. The van der Waals surface area contributed by atoms with Gasteiger partial charge in [-0.25, -0.2) is 9.97 Å². The van der Waals surface area contributed by atoms with Crippen molar-refractivity contribution >= 4 is 17.4 Å². The molecular formula is C19H22N4O. The Morgan fingerprint density at radius 2 is 1.88 bits per heavy atom. The molecule has 5 heteroatoms. The number of rotatable bonds is 4. The zero-order valence-corrected chi connectivity index (χ0v) is 14.1.